The molecule has 1 heterocycles. The summed E-state index contributed by atoms with van der Waals surface area (Å²) in [5, 5.41) is 0.772. The van der Waals surface area contributed by atoms with E-state index in [9.17, 15) is 0 Å². The highest BCUT2D eigenvalue weighted by molar-refractivity contribution is 9.10. The third kappa shape index (κ3) is 2.90. The molecular weight excluding hydrogens is 312 g/mol. The summed E-state index contributed by atoms with van der Waals surface area (Å²) in [5.74, 6) is 0.538. The van der Waals surface area contributed by atoms with Crippen LogP contribution in [0.3, 0.4) is 0 Å². The quantitative estimate of drug-likeness (QED) is 0.912. The van der Waals surface area contributed by atoms with E-state index in [1.165, 1.54) is 18.4 Å². The minimum atomic E-state index is 0.417. The van der Waals surface area contributed by atoms with Crippen molar-refractivity contribution in [2.24, 2.45) is 11.7 Å². The summed E-state index contributed by atoms with van der Waals surface area (Å²) < 4.78 is 1.10. The monoisotopic (exact) mass is 330 g/mol. The van der Waals surface area contributed by atoms with Crippen molar-refractivity contribution in [3.05, 3.63) is 33.3 Å². The van der Waals surface area contributed by atoms with Crippen LogP contribution >= 0.6 is 27.5 Å². The Bertz CT molecular complexity index is 399. The molecule has 2 N–H and O–H groups in total. The van der Waals surface area contributed by atoms with E-state index < -0.39 is 0 Å². The van der Waals surface area contributed by atoms with Gasteiger partial charge in [0.2, 0.25) is 0 Å². The van der Waals surface area contributed by atoms with Crippen molar-refractivity contribution >= 4 is 27.5 Å². The van der Waals surface area contributed by atoms with Crippen molar-refractivity contribution < 1.29 is 0 Å². The van der Waals surface area contributed by atoms with Crippen molar-refractivity contribution in [3.8, 4) is 0 Å². The van der Waals surface area contributed by atoms with Crippen LogP contribution in [0.1, 0.15) is 31.4 Å². The van der Waals surface area contributed by atoms with Gasteiger partial charge in [-0.05, 0) is 56.1 Å². The molecule has 2 unspecified atom stereocenters. The standard InChI is InChI=1S/C14H20BrClN2/c1-2-18-7-3-4-10(9-17)14(18)12-6-5-11(16)8-13(12)15/h5-6,8,10,14H,2-4,7,9,17H2,1H3. The Balaban J connectivity index is 2.36. The molecule has 18 heavy (non-hydrogen) atoms. The van der Waals surface area contributed by atoms with Gasteiger partial charge in [0.05, 0.1) is 0 Å². The van der Waals surface area contributed by atoms with Crippen molar-refractivity contribution in [3.63, 3.8) is 0 Å². The van der Waals surface area contributed by atoms with Crippen molar-refractivity contribution in [1.29, 1.82) is 0 Å². The summed E-state index contributed by atoms with van der Waals surface area (Å²) in [6, 6.07) is 6.50. The summed E-state index contributed by atoms with van der Waals surface area (Å²) >= 11 is 9.67. The highest BCUT2D eigenvalue weighted by Gasteiger charge is 2.31. The van der Waals surface area contributed by atoms with Gasteiger partial charge in [0.25, 0.3) is 0 Å². The molecule has 100 valence electrons. The summed E-state index contributed by atoms with van der Waals surface area (Å²) in [4.78, 5) is 2.52. The van der Waals surface area contributed by atoms with Gasteiger partial charge in [0, 0.05) is 15.5 Å². The fraction of sp³-hybridized carbons (Fsp3) is 0.571. The van der Waals surface area contributed by atoms with Gasteiger partial charge in [-0.1, -0.05) is 40.5 Å². The first kappa shape index (κ1) is 14.3. The van der Waals surface area contributed by atoms with Crippen molar-refractivity contribution in [1.82, 2.24) is 4.90 Å². The molecule has 1 aliphatic rings. The molecule has 4 heteroatoms. The average Bonchev–Trinajstić information content (AvgIpc) is 2.38. The molecule has 0 aliphatic carbocycles. The first-order valence-corrected chi connectivity index (χ1v) is 7.73. The fourth-order valence-corrected chi connectivity index (χ4v) is 3.86. The van der Waals surface area contributed by atoms with Gasteiger partial charge in [-0.25, -0.2) is 0 Å². The van der Waals surface area contributed by atoms with Crippen LogP contribution in [0.25, 0.3) is 0 Å². The lowest BCUT2D eigenvalue weighted by Crippen LogP contribution is -2.41. The summed E-state index contributed by atoms with van der Waals surface area (Å²) in [6.07, 6.45) is 2.46. The Morgan fingerprint density at radius 2 is 2.28 bits per heavy atom. The lowest BCUT2D eigenvalue weighted by atomic mass is 9.84. The minimum Gasteiger partial charge on any atom is -0.330 e. The molecule has 1 saturated heterocycles. The van der Waals surface area contributed by atoms with Crippen LogP contribution in [-0.4, -0.2) is 24.5 Å². The minimum absolute atomic E-state index is 0.417. The molecule has 1 aromatic rings. The molecule has 0 amide bonds. The maximum atomic E-state index is 6.03. The summed E-state index contributed by atoms with van der Waals surface area (Å²) in [7, 11) is 0. The van der Waals surface area contributed by atoms with E-state index in [0.29, 0.717) is 12.0 Å². The summed E-state index contributed by atoms with van der Waals surface area (Å²) in [6.45, 7) is 5.19. The topological polar surface area (TPSA) is 29.3 Å². The van der Waals surface area contributed by atoms with Crippen LogP contribution in [-0.2, 0) is 0 Å². The number of benzene rings is 1. The zero-order valence-corrected chi connectivity index (χ0v) is 13.0. The molecule has 0 radical (unpaired) electrons. The van der Waals surface area contributed by atoms with Crippen LogP contribution in [0.4, 0.5) is 0 Å². The Hall–Kier alpha value is -0.0900. The van der Waals surface area contributed by atoms with E-state index >= 15 is 0 Å². The maximum absolute atomic E-state index is 6.03. The Kier molecular flexibility index (Phi) is 5.07. The van der Waals surface area contributed by atoms with E-state index in [0.717, 1.165) is 29.1 Å². The van der Waals surface area contributed by atoms with Gasteiger partial charge >= 0.3 is 0 Å². The first-order valence-electron chi connectivity index (χ1n) is 6.56. The van der Waals surface area contributed by atoms with E-state index in [1.54, 1.807) is 0 Å². The lowest BCUT2D eigenvalue weighted by molar-refractivity contribution is 0.101. The Labute approximate surface area is 123 Å². The number of hydrogen-bond donors (Lipinski definition) is 1. The van der Waals surface area contributed by atoms with Gasteiger partial charge in [-0.2, -0.15) is 0 Å². The van der Waals surface area contributed by atoms with Crippen molar-refractivity contribution in [2.45, 2.75) is 25.8 Å². The molecule has 1 aliphatic heterocycles. The normalized spacial score (nSPS) is 25.3. The van der Waals surface area contributed by atoms with E-state index in [2.05, 4.69) is 33.8 Å². The highest BCUT2D eigenvalue weighted by atomic mass is 79.9. The largest absolute Gasteiger partial charge is 0.330 e. The van der Waals surface area contributed by atoms with Crippen molar-refractivity contribution in [2.75, 3.05) is 19.6 Å². The van der Waals surface area contributed by atoms with Gasteiger partial charge in [-0.15, -0.1) is 0 Å². The molecule has 1 fully saturated rings. The smallest absolute Gasteiger partial charge is 0.0417 e. The predicted octanol–water partition coefficient (Wildman–Crippen LogP) is 3.83. The van der Waals surface area contributed by atoms with Crippen LogP contribution in [0.2, 0.25) is 5.02 Å². The van der Waals surface area contributed by atoms with Gasteiger partial charge in [-0.3, -0.25) is 4.90 Å². The Morgan fingerprint density at radius 3 is 2.89 bits per heavy atom. The second-order valence-corrected chi connectivity index (χ2v) is 6.17. The molecule has 2 atom stereocenters. The van der Waals surface area contributed by atoms with Crippen LogP contribution < -0.4 is 5.73 Å². The van der Waals surface area contributed by atoms with E-state index in [-0.39, 0.29) is 0 Å². The van der Waals surface area contributed by atoms with Gasteiger partial charge < -0.3 is 5.73 Å². The van der Waals surface area contributed by atoms with Crippen LogP contribution in [0.15, 0.2) is 22.7 Å². The number of piperidine rings is 1. The Morgan fingerprint density at radius 1 is 1.50 bits per heavy atom. The molecule has 0 spiro atoms. The second kappa shape index (κ2) is 6.38. The van der Waals surface area contributed by atoms with Crippen LogP contribution in [0.5, 0.6) is 0 Å². The number of hydrogen-bond acceptors (Lipinski definition) is 2. The third-order valence-corrected chi connectivity index (χ3v) is 4.77. The SMILES string of the molecule is CCN1CCCC(CN)C1c1ccc(Cl)cc1Br. The molecule has 0 bridgehead atoms. The average molecular weight is 332 g/mol. The summed E-state index contributed by atoms with van der Waals surface area (Å²) in [5.41, 5.74) is 7.28. The van der Waals surface area contributed by atoms with Crippen LogP contribution in [0, 0.1) is 5.92 Å². The molecule has 1 aromatic carbocycles. The first-order chi connectivity index (χ1) is 8.67. The maximum Gasteiger partial charge on any atom is 0.0417 e. The molecule has 2 rings (SSSR count). The number of nitrogens with zero attached hydrogens (tertiary/aromatic N) is 1. The number of rotatable bonds is 3. The predicted molar refractivity (Wildman–Crippen MR) is 80.9 cm³/mol. The molecule has 0 saturated carbocycles. The highest BCUT2D eigenvalue weighted by Crippen LogP contribution is 2.39. The molecular formula is C14H20BrClN2. The number of likely N-dealkylation sites (tertiary alicyclic amines) is 1. The number of halogens is 2. The molecule has 0 aromatic heterocycles. The number of nitrogens with two attached hydrogens (primary N) is 1. The second-order valence-electron chi connectivity index (χ2n) is 4.88. The third-order valence-electron chi connectivity index (χ3n) is 3.85. The van der Waals surface area contributed by atoms with Gasteiger partial charge in [0.15, 0.2) is 0 Å². The molecule has 2 nitrogen and oxygen atoms in total. The van der Waals surface area contributed by atoms with Gasteiger partial charge in [0.1, 0.15) is 0 Å². The lowest BCUT2D eigenvalue weighted by Gasteiger charge is -2.41. The zero-order valence-electron chi connectivity index (χ0n) is 10.7. The zero-order chi connectivity index (χ0) is 13.1. The fourth-order valence-electron chi connectivity index (χ4n) is 2.95. The van der Waals surface area contributed by atoms with E-state index in [4.69, 9.17) is 17.3 Å². The van der Waals surface area contributed by atoms with E-state index in [1.807, 2.05) is 12.1 Å².